The molecule has 0 aliphatic heterocycles. The van der Waals surface area contributed by atoms with Gasteiger partial charge in [0.2, 0.25) is 5.88 Å². The first kappa shape index (κ1) is 13.1. The van der Waals surface area contributed by atoms with Crippen LogP contribution in [0.1, 0.15) is 17.2 Å². The van der Waals surface area contributed by atoms with Crippen LogP contribution in [0.15, 0.2) is 48.0 Å². The van der Waals surface area contributed by atoms with Crippen molar-refractivity contribution in [2.75, 3.05) is 7.11 Å². The third-order valence-corrected chi connectivity index (χ3v) is 4.35. The summed E-state index contributed by atoms with van der Waals surface area (Å²) in [7, 11) is 1.62. The summed E-state index contributed by atoms with van der Waals surface area (Å²) >= 11 is 1.74. The van der Waals surface area contributed by atoms with Crippen LogP contribution >= 0.6 is 11.3 Å². The Kier molecular flexibility index (Phi) is 3.67. The average Bonchev–Trinajstić information content (AvgIpc) is 2.96. The Morgan fingerprint density at radius 1 is 1.25 bits per heavy atom. The van der Waals surface area contributed by atoms with E-state index in [1.54, 1.807) is 18.4 Å². The largest absolute Gasteiger partial charge is 0.481 e. The summed E-state index contributed by atoms with van der Waals surface area (Å²) in [5.74, 6) is 0.627. The van der Waals surface area contributed by atoms with Crippen molar-refractivity contribution in [3.8, 4) is 5.88 Å². The van der Waals surface area contributed by atoms with E-state index in [4.69, 9.17) is 10.5 Å². The van der Waals surface area contributed by atoms with Gasteiger partial charge < -0.3 is 10.5 Å². The van der Waals surface area contributed by atoms with E-state index in [1.165, 1.54) is 15.6 Å². The molecule has 2 aromatic heterocycles. The highest BCUT2D eigenvalue weighted by Gasteiger charge is 2.11. The number of ether oxygens (including phenoxy) is 1. The van der Waals surface area contributed by atoms with Crippen molar-refractivity contribution in [2.24, 2.45) is 5.73 Å². The van der Waals surface area contributed by atoms with Gasteiger partial charge in [0.25, 0.3) is 0 Å². The van der Waals surface area contributed by atoms with Crippen molar-refractivity contribution in [3.05, 3.63) is 59.1 Å². The number of pyridine rings is 1. The van der Waals surface area contributed by atoms with Crippen molar-refractivity contribution >= 4 is 21.4 Å². The van der Waals surface area contributed by atoms with Crippen LogP contribution in [0.25, 0.3) is 10.1 Å². The smallest absolute Gasteiger partial charge is 0.212 e. The first-order chi connectivity index (χ1) is 9.78. The summed E-state index contributed by atoms with van der Waals surface area (Å²) in [6.07, 6.45) is 2.60. The maximum absolute atomic E-state index is 6.37. The van der Waals surface area contributed by atoms with Gasteiger partial charge in [-0.3, -0.25) is 0 Å². The van der Waals surface area contributed by atoms with Gasteiger partial charge in [0.15, 0.2) is 0 Å². The monoisotopic (exact) mass is 284 g/mol. The van der Waals surface area contributed by atoms with Gasteiger partial charge in [0, 0.05) is 23.0 Å². The SMILES string of the molecule is COc1ccc(CC(N)c2cccc3ccsc23)cn1. The Morgan fingerprint density at radius 2 is 2.15 bits per heavy atom. The molecule has 0 aliphatic rings. The number of fused-ring (bicyclic) bond motifs is 1. The van der Waals surface area contributed by atoms with Crippen molar-refractivity contribution in [1.82, 2.24) is 4.98 Å². The van der Waals surface area contributed by atoms with Crippen LogP contribution in [0.5, 0.6) is 5.88 Å². The van der Waals surface area contributed by atoms with Crippen LogP contribution in [-0.2, 0) is 6.42 Å². The molecule has 1 unspecified atom stereocenters. The van der Waals surface area contributed by atoms with Crippen molar-refractivity contribution in [3.63, 3.8) is 0 Å². The lowest BCUT2D eigenvalue weighted by Crippen LogP contribution is -2.13. The van der Waals surface area contributed by atoms with Crippen molar-refractivity contribution in [1.29, 1.82) is 0 Å². The van der Waals surface area contributed by atoms with Gasteiger partial charge >= 0.3 is 0 Å². The van der Waals surface area contributed by atoms with Crippen LogP contribution in [0.3, 0.4) is 0 Å². The Labute approximate surface area is 122 Å². The molecule has 0 spiro atoms. The Morgan fingerprint density at radius 3 is 2.90 bits per heavy atom. The molecule has 3 rings (SSSR count). The number of hydrogen-bond donors (Lipinski definition) is 1. The first-order valence-electron chi connectivity index (χ1n) is 6.48. The lowest BCUT2D eigenvalue weighted by molar-refractivity contribution is 0.397. The fraction of sp³-hybridized carbons (Fsp3) is 0.188. The number of thiophene rings is 1. The molecule has 2 heterocycles. The molecule has 1 aromatic carbocycles. The average molecular weight is 284 g/mol. The zero-order chi connectivity index (χ0) is 13.9. The number of rotatable bonds is 4. The van der Waals surface area contributed by atoms with E-state index < -0.39 is 0 Å². The lowest BCUT2D eigenvalue weighted by atomic mass is 10.00. The molecule has 3 aromatic rings. The quantitative estimate of drug-likeness (QED) is 0.797. The molecule has 0 fully saturated rings. The second-order valence-electron chi connectivity index (χ2n) is 4.71. The van der Waals surface area contributed by atoms with Gasteiger partial charge in [-0.15, -0.1) is 11.3 Å². The van der Waals surface area contributed by atoms with Crippen molar-refractivity contribution in [2.45, 2.75) is 12.5 Å². The summed E-state index contributed by atoms with van der Waals surface area (Å²) in [6, 6.07) is 12.3. The minimum Gasteiger partial charge on any atom is -0.481 e. The molecule has 20 heavy (non-hydrogen) atoms. The molecule has 4 heteroatoms. The molecule has 1 atom stereocenters. The van der Waals surface area contributed by atoms with Crippen molar-refractivity contribution < 1.29 is 4.74 Å². The Hall–Kier alpha value is -1.91. The van der Waals surface area contributed by atoms with E-state index >= 15 is 0 Å². The predicted molar refractivity (Wildman–Crippen MR) is 83.2 cm³/mol. The van der Waals surface area contributed by atoms with Crippen LogP contribution in [0, 0.1) is 0 Å². The van der Waals surface area contributed by atoms with Gasteiger partial charge in [-0.05, 0) is 34.4 Å². The molecule has 0 bridgehead atoms. The zero-order valence-electron chi connectivity index (χ0n) is 11.2. The highest BCUT2D eigenvalue weighted by Crippen LogP contribution is 2.29. The molecule has 0 saturated carbocycles. The summed E-state index contributed by atoms with van der Waals surface area (Å²) < 4.78 is 6.34. The maximum Gasteiger partial charge on any atom is 0.212 e. The summed E-state index contributed by atoms with van der Waals surface area (Å²) in [5, 5.41) is 3.37. The molecule has 0 radical (unpaired) electrons. The van der Waals surface area contributed by atoms with E-state index in [2.05, 4.69) is 34.6 Å². The Bertz CT molecular complexity index is 706. The summed E-state index contributed by atoms with van der Waals surface area (Å²) in [5.41, 5.74) is 8.69. The van der Waals surface area contributed by atoms with Crippen LogP contribution in [0.2, 0.25) is 0 Å². The molecule has 102 valence electrons. The van der Waals surface area contributed by atoms with Gasteiger partial charge in [-0.1, -0.05) is 24.3 Å². The van der Waals surface area contributed by atoms with Gasteiger partial charge in [-0.25, -0.2) is 4.98 Å². The second-order valence-corrected chi connectivity index (χ2v) is 5.62. The van der Waals surface area contributed by atoms with E-state index in [9.17, 15) is 0 Å². The molecular formula is C16H16N2OS. The molecule has 2 N–H and O–H groups in total. The number of nitrogens with two attached hydrogens (primary N) is 1. The van der Waals surface area contributed by atoms with Crippen LogP contribution in [-0.4, -0.2) is 12.1 Å². The standard InChI is InChI=1S/C16H16N2OS/c1-19-15-6-5-11(10-18-15)9-14(17)13-4-2-3-12-7-8-20-16(12)13/h2-8,10,14H,9,17H2,1H3. The summed E-state index contributed by atoms with van der Waals surface area (Å²) in [4.78, 5) is 4.22. The zero-order valence-corrected chi connectivity index (χ0v) is 12.1. The van der Waals surface area contributed by atoms with Gasteiger partial charge in [0.05, 0.1) is 7.11 Å². The number of aromatic nitrogens is 1. The van der Waals surface area contributed by atoms with Crippen LogP contribution in [0.4, 0.5) is 0 Å². The summed E-state index contributed by atoms with van der Waals surface area (Å²) in [6.45, 7) is 0. The number of benzene rings is 1. The third kappa shape index (κ3) is 2.53. The number of hydrogen-bond acceptors (Lipinski definition) is 4. The minimum atomic E-state index is -0.0208. The number of nitrogens with zero attached hydrogens (tertiary/aromatic N) is 1. The fourth-order valence-corrected chi connectivity index (χ4v) is 3.30. The highest BCUT2D eigenvalue weighted by molar-refractivity contribution is 7.17. The lowest BCUT2D eigenvalue weighted by Gasteiger charge is -2.13. The van der Waals surface area contributed by atoms with Gasteiger partial charge in [-0.2, -0.15) is 0 Å². The normalized spacial score (nSPS) is 12.5. The number of methoxy groups -OCH3 is 1. The van der Waals surface area contributed by atoms with E-state index in [0.29, 0.717) is 5.88 Å². The minimum absolute atomic E-state index is 0.0208. The molecule has 0 saturated heterocycles. The first-order valence-corrected chi connectivity index (χ1v) is 7.36. The highest BCUT2D eigenvalue weighted by atomic mass is 32.1. The molecule has 0 amide bonds. The van der Waals surface area contributed by atoms with E-state index in [0.717, 1.165) is 12.0 Å². The molecular weight excluding hydrogens is 268 g/mol. The van der Waals surface area contributed by atoms with Gasteiger partial charge in [0.1, 0.15) is 0 Å². The molecule has 3 nitrogen and oxygen atoms in total. The van der Waals surface area contributed by atoms with E-state index in [-0.39, 0.29) is 6.04 Å². The Balaban J connectivity index is 1.84. The third-order valence-electron chi connectivity index (χ3n) is 3.37. The molecule has 0 aliphatic carbocycles. The van der Waals surface area contributed by atoms with Crippen LogP contribution < -0.4 is 10.5 Å². The fourth-order valence-electron chi connectivity index (χ4n) is 2.32. The topological polar surface area (TPSA) is 48.1 Å². The predicted octanol–water partition coefficient (Wildman–Crippen LogP) is 3.55. The maximum atomic E-state index is 6.37. The van der Waals surface area contributed by atoms with E-state index in [1.807, 2.05) is 18.3 Å². The second kappa shape index (κ2) is 5.61.